The van der Waals surface area contributed by atoms with Gasteiger partial charge < -0.3 is 20.3 Å². The summed E-state index contributed by atoms with van der Waals surface area (Å²) < 4.78 is 7.38. The Kier molecular flexibility index (Phi) is 6.43. The molecule has 1 saturated carbocycles. The van der Waals surface area contributed by atoms with Crippen LogP contribution in [0.2, 0.25) is 0 Å². The van der Waals surface area contributed by atoms with Gasteiger partial charge in [0.15, 0.2) is 0 Å². The summed E-state index contributed by atoms with van der Waals surface area (Å²) in [7, 11) is 2.02. The number of amides is 1. The molecule has 0 bridgehead atoms. The third kappa shape index (κ3) is 5.42. The number of hydrogen-bond donors (Lipinski definition) is 3. The number of aliphatic hydroxyl groups is 2. The van der Waals surface area contributed by atoms with E-state index in [1.54, 1.807) is 4.68 Å². The van der Waals surface area contributed by atoms with Gasteiger partial charge in [-0.05, 0) is 25.5 Å². The van der Waals surface area contributed by atoms with E-state index in [-0.39, 0.29) is 24.9 Å². The van der Waals surface area contributed by atoms with Gasteiger partial charge >= 0.3 is 0 Å². The zero-order chi connectivity index (χ0) is 21.1. The summed E-state index contributed by atoms with van der Waals surface area (Å²) in [4.78, 5) is 14.1. The van der Waals surface area contributed by atoms with Crippen LogP contribution in [0.5, 0.6) is 0 Å². The molecule has 4 rings (SSSR count). The number of aromatic nitrogens is 3. The lowest BCUT2D eigenvalue weighted by atomic mass is 10.1. The molecule has 2 heterocycles. The van der Waals surface area contributed by atoms with Gasteiger partial charge in [-0.15, -0.1) is 5.10 Å². The maximum Gasteiger partial charge on any atom is 0.222 e. The lowest BCUT2D eigenvalue weighted by molar-refractivity contribution is -0.125. The molecule has 162 valence electrons. The number of benzene rings is 1. The first-order valence-electron chi connectivity index (χ1n) is 10.4. The molecule has 0 unspecified atom stereocenters. The van der Waals surface area contributed by atoms with E-state index < -0.39 is 24.4 Å². The van der Waals surface area contributed by atoms with Crippen LogP contribution in [0.3, 0.4) is 0 Å². The van der Waals surface area contributed by atoms with Crippen LogP contribution in [0.4, 0.5) is 0 Å². The normalized spacial score (nSPS) is 26.3. The number of nitrogens with zero attached hydrogens (tertiary/aromatic N) is 4. The minimum Gasteiger partial charge on any atom is -0.388 e. The molecule has 1 aliphatic heterocycles. The molecule has 9 heteroatoms. The van der Waals surface area contributed by atoms with Crippen LogP contribution in [-0.2, 0) is 29.2 Å². The van der Waals surface area contributed by atoms with E-state index in [1.165, 1.54) is 5.56 Å². The molecule has 0 radical (unpaired) electrons. The van der Waals surface area contributed by atoms with Crippen molar-refractivity contribution in [3.63, 3.8) is 0 Å². The standard InChI is InChI=1S/C21H29N5O4/c1-25(10-14-5-3-2-4-6-14)11-16-12-26(24-23-16)13-18-21(29)20(28)17(30-18)9-19(27)22-15-7-8-15/h2-6,12,15,17-18,20-21,28-29H,7-11,13H2,1H3,(H,22,27)/t17-,18-,20-,21+/m0/s1. The Morgan fingerprint density at radius 1 is 1.20 bits per heavy atom. The average molecular weight is 415 g/mol. The van der Waals surface area contributed by atoms with E-state index in [1.807, 2.05) is 31.4 Å². The lowest BCUT2D eigenvalue weighted by Crippen LogP contribution is -2.36. The Bertz CT molecular complexity index is 841. The van der Waals surface area contributed by atoms with Gasteiger partial charge in [0.05, 0.1) is 24.8 Å². The highest BCUT2D eigenvalue weighted by molar-refractivity contribution is 5.77. The molecule has 1 amide bonds. The van der Waals surface area contributed by atoms with E-state index in [4.69, 9.17) is 4.74 Å². The Morgan fingerprint density at radius 2 is 1.93 bits per heavy atom. The molecule has 9 nitrogen and oxygen atoms in total. The largest absolute Gasteiger partial charge is 0.388 e. The second-order valence-corrected chi connectivity index (χ2v) is 8.33. The molecule has 2 aliphatic rings. The lowest BCUT2D eigenvalue weighted by Gasteiger charge is -2.15. The highest BCUT2D eigenvalue weighted by atomic mass is 16.5. The van der Waals surface area contributed by atoms with Crippen LogP contribution < -0.4 is 5.32 Å². The number of ether oxygens (including phenoxy) is 1. The Labute approximate surface area is 175 Å². The molecular weight excluding hydrogens is 386 g/mol. The summed E-state index contributed by atoms with van der Waals surface area (Å²) in [6.07, 6.45) is 0.325. The molecule has 2 fully saturated rings. The topological polar surface area (TPSA) is 113 Å². The number of hydrogen-bond acceptors (Lipinski definition) is 7. The van der Waals surface area contributed by atoms with E-state index in [2.05, 4.69) is 32.7 Å². The summed E-state index contributed by atoms with van der Waals surface area (Å²) in [6, 6.07) is 10.4. The van der Waals surface area contributed by atoms with Crippen molar-refractivity contribution in [3.05, 3.63) is 47.8 Å². The van der Waals surface area contributed by atoms with Crippen LogP contribution >= 0.6 is 0 Å². The Morgan fingerprint density at radius 3 is 2.67 bits per heavy atom. The fourth-order valence-corrected chi connectivity index (χ4v) is 3.75. The van der Waals surface area contributed by atoms with E-state index in [0.29, 0.717) is 6.54 Å². The van der Waals surface area contributed by atoms with Crippen LogP contribution in [0, 0.1) is 0 Å². The first-order valence-corrected chi connectivity index (χ1v) is 10.4. The second kappa shape index (κ2) is 9.22. The first kappa shape index (κ1) is 20.9. The minimum absolute atomic E-state index is 0.0398. The van der Waals surface area contributed by atoms with Crippen molar-refractivity contribution in [2.45, 2.75) is 69.4 Å². The van der Waals surface area contributed by atoms with Gasteiger partial charge in [-0.3, -0.25) is 9.69 Å². The highest BCUT2D eigenvalue weighted by Gasteiger charge is 2.44. The second-order valence-electron chi connectivity index (χ2n) is 8.33. The van der Waals surface area contributed by atoms with Crippen molar-refractivity contribution < 1.29 is 19.7 Å². The van der Waals surface area contributed by atoms with Gasteiger partial charge in [0.1, 0.15) is 18.3 Å². The molecule has 1 aromatic heterocycles. The number of aliphatic hydroxyl groups excluding tert-OH is 2. The van der Waals surface area contributed by atoms with Crippen molar-refractivity contribution in [2.24, 2.45) is 0 Å². The van der Waals surface area contributed by atoms with Crippen molar-refractivity contribution in [2.75, 3.05) is 7.05 Å². The van der Waals surface area contributed by atoms with Crippen molar-refractivity contribution in [3.8, 4) is 0 Å². The van der Waals surface area contributed by atoms with Gasteiger partial charge in [-0.1, -0.05) is 35.5 Å². The van der Waals surface area contributed by atoms with E-state index in [9.17, 15) is 15.0 Å². The maximum atomic E-state index is 12.0. The molecule has 30 heavy (non-hydrogen) atoms. The quantitative estimate of drug-likeness (QED) is 0.531. The molecule has 4 atom stereocenters. The molecular formula is C21H29N5O4. The third-order valence-electron chi connectivity index (χ3n) is 5.47. The molecule has 1 saturated heterocycles. The zero-order valence-electron chi connectivity index (χ0n) is 17.1. The summed E-state index contributed by atoms with van der Waals surface area (Å²) in [5, 5.41) is 31.8. The molecule has 3 N–H and O–H groups in total. The smallest absolute Gasteiger partial charge is 0.222 e. The predicted molar refractivity (Wildman–Crippen MR) is 108 cm³/mol. The summed E-state index contributed by atoms with van der Waals surface area (Å²) in [5.74, 6) is -0.154. The van der Waals surface area contributed by atoms with Crippen LogP contribution in [0.25, 0.3) is 0 Å². The fourth-order valence-electron chi connectivity index (χ4n) is 3.75. The summed E-state index contributed by atoms with van der Waals surface area (Å²) in [5.41, 5.74) is 2.03. The molecule has 1 aliphatic carbocycles. The third-order valence-corrected chi connectivity index (χ3v) is 5.47. The van der Waals surface area contributed by atoms with Crippen LogP contribution in [0.1, 0.15) is 30.5 Å². The number of nitrogens with one attached hydrogen (secondary N) is 1. The van der Waals surface area contributed by atoms with Gasteiger partial charge in [0.25, 0.3) is 0 Å². The number of carbonyl (C=O) groups is 1. The van der Waals surface area contributed by atoms with Gasteiger partial charge in [-0.2, -0.15) is 0 Å². The Hall–Kier alpha value is -2.33. The van der Waals surface area contributed by atoms with Crippen molar-refractivity contribution in [1.29, 1.82) is 0 Å². The van der Waals surface area contributed by atoms with Crippen molar-refractivity contribution in [1.82, 2.24) is 25.2 Å². The van der Waals surface area contributed by atoms with Crippen LogP contribution in [-0.4, -0.2) is 73.5 Å². The van der Waals surface area contributed by atoms with E-state index in [0.717, 1.165) is 25.1 Å². The predicted octanol–water partition coefficient (Wildman–Crippen LogP) is 0.0680. The molecule has 2 aromatic rings. The van der Waals surface area contributed by atoms with Crippen molar-refractivity contribution >= 4 is 5.91 Å². The highest BCUT2D eigenvalue weighted by Crippen LogP contribution is 2.26. The van der Waals surface area contributed by atoms with Gasteiger partial charge in [0.2, 0.25) is 5.91 Å². The molecule has 1 aromatic carbocycles. The summed E-state index contributed by atoms with van der Waals surface area (Å²) >= 11 is 0. The number of carbonyl (C=O) groups excluding carboxylic acids is 1. The molecule has 0 spiro atoms. The monoisotopic (exact) mass is 415 g/mol. The van der Waals surface area contributed by atoms with Gasteiger partial charge in [0, 0.05) is 25.3 Å². The summed E-state index contributed by atoms with van der Waals surface area (Å²) in [6.45, 7) is 1.69. The zero-order valence-corrected chi connectivity index (χ0v) is 17.1. The van der Waals surface area contributed by atoms with E-state index >= 15 is 0 Å². The SMILES string of the molecule is CN(Cc1ccccc1)Cc1cn(C[C@@H]2O[C@@H](CC(=O)NC3CC3)[C@H](O)[C@@H]2O)nn1. The van der Waals surface area contributed by atoms with Crippen LogP contribution in [0.15, 0.2) is 36.5 Å². The average Bonchev–Trinajstić information content (AvgIpc) is 3.36. The fraction of sp³-hybridized carbons (Fsp3) is 0.571. The Balaban J connectivity index is 1.27. The minimum atomic E-state index is -1.10. The number of rotatable bonds is 9. The van der Waals surface area contributed by atoms with Gasteiger partial charge in [-0.25, -0.2) is 4.68 Å². The maximum absolute atomic E-state index is 12.0. The first-order chi connectivity index (χ1) is 14.5.